The molecule has 0 aromatic heterocycles. The Bertz CT molecular complexity index is 1550. The smallest absolute Gasteiger partial charge is 0.410 e. The summed E-state index contributed by atoms with van der Waals surface area (Å²) in [6, 6.07) is 3.30. The van der Waals surface area contributed by atoms with E-state index in [1.54, 1.807) is 6.07 Å². The summed E-state index contributed by atoms with van der Waals surface area (Å²) in [5.74, 6) is -2.33. The first kappa shape index (κ1) is 33.7. The molecule has 5 N–H and O–H groups in total. The number of carbonyl (C=O) groups is 4. The number of amides is 4. The molecule has 0 bridgehead atoms. The minimum atomic E-state index is -4.17. The van der Waals surface area contributed by atoms with Gasteiger partial charge in [0.2, 0.25) is 11.8 Å². The molecule has 0 unspecified atom stereocenters. The summed E-state index contributed by atoms with van der Waals surface area (Å²) < 4.78 is 36.3. The molecule has 5 aliphatic rings. The van der Waals surface area contributed by atoms with Gasteiger partial charge >= 0.3 is 16.3 Å². The highest BCUT2D eigenvalue weighted by atomic mass is 35.5. The molecule has 2 saturated carbocycles. The number of ether oxygens (including phenoxy) is 1. The van der Waals surface area contributed by atoms with Crippen LogP contribution in [0.1, 0.15) is 81.8 Å². The van der Waals surface area contributed by atoms with Gasteiger partial charge in [0.25, 0.3) is 5.91 Å². The molecule has 0 radical (unpaired) electrons. The number of allylic oxidation sites excluding steroid dienone is 1. The number of hydrogen-bond donors (Lipinski definition) is 4. The Morgan fingerprint density at radius 3 is 2.60 bits per heavy atom. The average Bonchev–Trinajstić information content (AvgIpc) is 3.45. The molecule has 3 aliphatic heterocycles. The van der Waals surface area contributed by atoms with E-state index in [-0.39, 0.29) is 32.0 Å². The van der Waals surface area contributed by atoms with Crippen molar-refractivity contribution in [2.24, 2.45) is 11.7 Å². The molecule has 4 amide bonds. The number of halogens is 1. The quantitative estimate of drug-likeness (QED) is 0.340. The fourth-order valence-electron chi connectivity index (χ4n) is 7.29. The van der Waals surface area contributed by atoms with Gasteiger partial charge < -0.3 is 20.7 Å². The molecular formula is C32H43ClN6O7S. The standard InChI is InChI=1S/C32H43ClN6O7S/c33-25-13-8-9-20-17-38(19-24(20)25)31(43)46-23-15-27-28(40)35-32(30(42)37-47(44,45)36-22-11-6-7-12-22)16-21(32)10-4-2-1-3-5-14-26(34)29(41)39(27)18-23/h4,8-10,13,21-23,26-27,36H,1-3,5-7,11-12,14-19,34H2,(H,35,40)(H,37,42)/b10-4-/t21-,23+,26-,27-,32+/m0/s1. The number of nitrogens with two attached hydrogens (primary N) is 1. The van der Waals surface area contributed by atoms with Gasteiger partial charge in [-0.25, -0.2) is 9.52 Å². The second-order valence-corrected chi connectivity index (χ2v) is 15.3. The van der Waals surface area contributed by atoms with Gasteiger partial charge in [0.15, 0.2) is 0 Å². The first-order valence-electron chi connectivity index (χ1n) is 16.6. The number of nitrogens with zero attached hydrogens (tertiary/aromatic N) is 2. The van der Waals surface area contributed by atoms with Gasteiger partial charge in [0.1, 0.15) is 17.7 Å². The first-order chi connectivity index (χ1) is 22.5. The van der Waals surface area contributed by atoms with Crippen molar-refractivity contribution in [3.8, 4) is 0 Å². The van der Waals surface area contributed by atoms with Crippen molar-refractivity contribution in [2.45, 2.75) is 113 Å². The number of nitrogens with one attached hydrogen (secondary N) is 3. The first-order valence-corrected chi connectivity index (χ1v) is 18.4. The van der Waals surface area contributed by atoms with Gasteiger partial charge in [0.05, 0.1) is 19.1 Å². The third kappa shape index (κ3) is 7.45. The predicted octanol–water partition coefficient (Wildman–Crippen LogP) is 2.38. The van der Waals surface area contributed by atoms with E-state index in [0.29, 0.717) is 30.8 Å². The van der Waals surface area contributed by atoms with Crippen LogP contribution in [0.3, 0.4) is 0 Å². The van der Waals surface area contributed by atoms with Gasteiger partial charge in [-0.3, -0.25) is 19.3 Å². The van der Waals surface area contributed by atoms with Crippen LogP contribution in [-0.4, -0.2) is 78.3 Å². The van der Waals surface area contributed by atoms with E-state index in [2.05, 4.69) is 14.8 Å². The summed E-state index contributed by atoms with van der Waals surface area (Å²) in [7, 11) is -4.17. The number of benzene rings is 1. The van der Waals surface area contributed by atoms with E-state index in [0.717, 1.165) is 49.7 Å². The molecule has 3 heterocycles. The summed E-state index contributed by atoms with van der Waals surface area (Å²) in [4.78, 5) is 57.3. The molecule has 47 heavy (non-hydrogen) atoms. The van der Waals surface area contributed by atoms with Crippen molar-refractivity contribution in [3.63, 3.8) is 0 Å². The Kier molecular flexibility index (Phi) is 9.84. The largest absolute Gasteiger partial charge is 0.444 e. The number of fused-ring (bicyclic) bond motifs is 3. The normalized spacial score (nSPS) is 30.8. The fraction of sp³-hybridized carbons (Fsp3) is 0.625. The third-order valence-corrected chi connectivity index (χ3v) is 11.5. The lowest BCUT2D eigenvalue weighted by atomic mass is 10.1. The van der Waals surface area contributed by atoms with Crippen LogP contribution in [0.5, 0.6) is 0 Å². The van der Waals surface area contributed by atoms with Crippen LogP contribution in [-0.2, 0) is 42.4 Å². The topological polar surface area (TPSA) is 180 Å². The molecular weight excluding hydrogens is 648 g/mol. The molecule has 15 heteroatoms. The van der Waals surface area contributed by atoms with Crippen molar-refractivity contribution in [2.75, 3.05) is 6.54 Å². The molecule has 13 nitrogen and oxygen atoms in total. The van der Waals surface area contributed by atoms with Crippen molar-refractivity contribution in [1.82, 2.24) is 24.6 Å². The molecule has 6 rings (SSSR count). The van der Waals surface area contributed by atoms with Crippen molar-refractivity contribution in [3.05, 3.63) is 46.5 Å². The number of hydrogen-bond acceptors (Lipinski definition) is 8. The van der Waals surface area contributed by atoms with E-state index >= 15 is 0 Å². The fourth-order valence-corrected chi connectivity index (χ4v) is 8.71. The van der Waals surface area contributed by atoms with Crippen molar-refractivity contribution < 1.29 is 32.3 Å². The summed E-state index contributed by atoms with van der Waals surface area (Å²) >= 11 is 6.32. The molecule has 1 saturated heterocycles. The van der Waals surface area contributed by atoms with Crippen LogP contribution in [0.15, 0.2) is 30.4 Å². The zero-order valence-corrected chi connectivity index (χ0v) is 27.9. The minimum Gasteiger partial charge on any atom is -0.444 e. The van der Waals surface area contributed by atoms with Gasteiger partial charge in [0, 0.05) is 29.9 Å². The third-order valence-electron chi connectivity index (χ3n) is 10.0. The van der Waals surface area contributed by atoms with Crippen LogP contribution in [0.2, 0.25) is 5.02 Å². The van der Waals surface area contributed by atoms with Crippen LogP contribution >= 0.6 is 11.6 Å². The lowest BCUT2D eigenvalue weighted by Crippen LogP contribution is -2.58. The average molecular weight is 691 g/mol. The summed E-state index contributed by atoms with van der Waals surface area (Å²) in [6.45, 7) is 0.563. The highest BCUT2D eigenvalue weighted by molar-refractivity contribution is 7.88. The monoisotopic (exact) mass is 690 g/mol. The SMILES string of the molecule is N[C@H]1CCCCC/C=C\[C@H]2C[C@@]2(C(=O)NS(=O)(=O)NC2CCCC2)NC(=O)[C@@H]2C[C@@H](OC(=O)N3Cc4cccc(Cl)c4C3)CN2C1=O. The van der Waals surface area contributed by atoms with Gasteiger partial charge in [-0.05, 0) is 55.7 Å². The van der Waals surface area contributed by atoms with Crippen LogP contribution < -0.4 is 20.5 Å². The molecule has 256 valence electrons. The summed E-state index contributed by atoms with van der Waals surface area (Å²) in [6.07, 6.45) is 9.41. The van der Waals surface area contributed by atoms with Crippen LogP contribution in [0.4, 0.5) is 4.79 Å². The van der Waals surface area contributed by atoms with Crippen molar-refractivity contribution in [1.29, 1.82) is 0 Å². The summed E-state index contributed by atoms with van der Waals surface area (Å²) in [5.41, 5.74) is 6.58. The Balaban J connectivity index is 1.19. The number of carbonyl (C=O) groups excluding carboxylic acids is 4. The zero-order valence-electron chi connectivity index (χ0n) is 26.3. The summed E-state index contributed by atoms with van der Waals surface area (Å²) in [5, 5.41) is 3.38. The molecule has 1 aromatic carbocycles. The molecule has 5 atom stereocenters. The lowest BCUT2D eigenvalue weighted by molar-refractivity contribution is -0.140. The number of rotatable bonds is 5. The Hall–Kier alpha value is -3.20. The predicted molar refractivity (Wildman–Crippen MR) is 173 cm³/mol. The molecule has 0 spiro atoms. The maximum Gasteiger partial charge on any atom is 0.410 e. The Morgan fingerprint density at radius 1 is 1.06 bits per heavy atom. The van der Waals surface area contributed by atoms with Gasteiger partial charge in [-0.2, -0.15) is 13.1 Å². The Labute approximate surface area is 280 Å². The van der Waals surface area contributed by atoms with E-state index < -0.39 is 63.7 Å². The van der Waals surface area contributed by atoms with Gasteiger partial charge in [-0.1, -0.05) is 61.6 Å². The molecule has 2 aliphatic carbocycles. The van der Waals surface area contributed by atoms with E-state index in [1.165, 1.54) is 9.80 Å². The van der Waals surface area contributed by atoms with Crippen LogP contribution in [0.25, 0.3) is 0 Å². The van der Waals surface area contributed by atoms with E-state index in [4.69, 9.17) is 22.1 Å². The lowest BCUT2D eigenvalue weighted by Gasteiger charge is -2.28. The molecule has 3 fully saturated rings. The van der Waals surface area contributed by atoms with E-state index in [9.17, 15) is 27.6 Å². The van der Waals surface area contributed by atoms with Gasteiger partial charge in [-0.15, -0.1) is 0 Å². The maximum absolute atomic E-state index is 14.0. The van der Waals surface area contributed by atoms with Crippen LogP contribution in [0, 0.1) is 5.92 Å². The highest BCUT2D eigenvalue weighted by Crippen LogP contribution is 2.45. The van der Waals surface area contributed by atoms with E-state index in [1.807, 2.05) is 24.3 Å². The minimum absolute atomic E-state index is 0.00266. The maximum atomic E-state index is 14.0. The Morgan fingerprint density at radius 2 is 1.83 bits per heavy atom. The molecule has 1 aromatic rings. The second kappa shape index (κ2) is 13.7. The highest BCUT2D eigenvalue weighted by Gasteiger charge is 2.61. The van der Waals surface area contributed by atoms with Crippen molar-refractivity contribution >= 4 is 45.6 Å². The zero-order chi connectivity index (χ0) is 33.3. The second-order valence-electron chi connectivity index (χ2n) is 13.5.